The molecule has 1 aromatic carbocycles. The van der Waals surface area contributed by atoms with Gasteiger partial charge in [-0.2, -0.15) is 0 Å². The molecule has 2 rings (SSSR count). The average molecular weight is 358 g/mol. The van der Waals surface area contributed by atoms with Gasteiger partial charge < -0.3 is 15.2 Å². The normalized spacial score (nSPS) is 15.4. The van der Waals surface area contributed by atoms with E-state index in [1.54, 1.807) is 24.3 Å². The number of hydrogen-bond donors (Lipinski definition) is 2. The number of nitrogens with one attached hydrogen (secondary N) is 1. The van der Waals surface area contributed by atoms with E-state index in [-0.39, 0.29) is 24.9 Å². The number of halogens is 1. The van der Waals surface area contributed by atoms with Crippen LogP contribution in [0.15, 0.2) is 24.3 Å². The molecule has 0 unspecified atom stereocenters. The number of amides is 1. The monoisotopic (exact) mass is 357 g/mol. The number of aliphatic hydroxyl groups excluding tert-OH is 1. The van der Waals surface area contributed by atoms with Gasteiger partial charge in [0.15, 0.2) is 0 Å². The zero-order valence-electron chi connectivity index (χ0n) is 13.7. The highest BCUT2D eigenvalue weighted by Gasteiger charge is 2.18. The van der Waals surface area contributed by atoms with Crippen molar-refractivity contribution in [3.63, 3.8) is 0 Å². The molecule has 1 fully saturated rings. The molecular formula is C16H24ClN3O4. The number of esters is 1. The maximum Gasteiger partial charge on any atom is 0.337 e. The highest BCUT2D eigenvalue weighted by molar-refractivity contribution is 5.93. The van der Waals surface area contributed by atoms with Crippen LogP contribution >= 0.6 is 12.4 Å². The third-order valence-corrected chi connectivity index (χ3v) is 3.84. The molecule has 0 aliphatic carbocycles. The van der Waals surface area contributed by atoms with E-state index in [9.17, 15) is 9.59 Å². The van der Waals surface area contributed by atoms with Crippen LogP contribution in [0.3, 0.4) is 0 Å². The Morgan fingerprint density at radius 2 is 1.71 bits per heavy atom. The first kappa shape index (κ1) is 20.4. The number of carbonyl (C=O) groups excluding carboxylic acids is 2. The van der Waals surface area contributed by atoms with Crippen molar-refractivity contribution >= 4 is 30.0 Å². The average Bonchev–Trinajstić information content (AvgIpc) is 2.57. The van der Waals surface area contributed by atoms with Gasteiger partial charge in [-0.1, -0.05) is 0 Å². The second-order valence-electron chi connectivity index (χ2n) is 5.46. The van der Waals surface area contributed by atoms with Gasteiger partial charge in [0.2, 0.25) is 5.91 Å². The minimum absolute atomic E-state index is 0. The Morgan fingerprint density at radius 3 is 2.25 bits per heavy atom. The highest BCUT2D eigenvalue weighted by Crippen LogP contribution is 2.10. The molecule has 134 valence electrons. The summed E-state index contributed by atoms with van der Waals surface area (Å²) in [6.07, 6.45) is 0. The SMILES string of the molecule is COC(=O)c1ccc(NC(=O)CN2CCN(CCO)CC2)cc1.Cl. The van der Waals surface area contributed by atoms with Crippen molar-refractivity contribution in [3.05, 3.63) is 29.8 Å². The highest BCUT2D eigenvalue weighted by atomic mass is 35.5. The van der Waals surface area contributed by atoms with E-state index in [2.05, 4.69) is 19.9 Å². The Bertz CT molecular complexity index is 531. The van der Waals surface area contributed by atoms with Crippen molar-refractivity contribution in [2.75, 3.05) is 58.3 Å². The summed E-state index contributed by atoms with van der Waals surface area (Å²) in [7, 11) is 1.33. The number of aliphatic hydroxyl groups is 1. The molecule has 0 saturated carbocycles. The lowest BCUT2D eigenvalue weighted by molar-refractivity contribution is -0.117. The summed E-state index contributed by atoms with van der Waals surface area (Å²) in [5.41, 5.74) is 1.10. The minimum atomic E-state index is -0.399. The minimum Gasteiger partial charge on any atom is -0.465 e. The van der Waals surface area contributed by atoms with Gasteiger partial charge in [-0.3, -0.25) is 14.6 Å². The second-order valence-corrected chi connectivity index (χ2v) is 5.46. The smallest absolute Gasteiger partial charge is 0.337 e. The van der Waals surface area contributed by atoms with Gasteiger partial charge in [-0.25, -0.2) is 4.79 Å². The Morgan fingerprint density at radius 1 is 1.12 bits per heavy atom. The number of β-amino-alcohol motifs (C(OH)–C–C–N with tert-alkyl or cyclic N) is 1. The summed E-state index contributed by atoms with van der Waals surface area (Å²) in [5, 5.41) is 11.7. The third kappa shape index (κ3) is 6.09. The summed E-state index contributed by atoms with van der Waals surface area (Å²) < 4.78 is 4.63. The molecule has 1 aliphatic rings. The summed E-state index contributed by atoms with van der Waals surface area (Å²) in [4.78, 5) is 27.7. The van der Waals surface area contributed by atoms with E-state index in [1.165, 1.54) is 7.11 Å². The van der Waals surface area contributed by atoms with Crippen molar-refractivity contribution in [1.29, 1.82) is 0 Å². The largest absolute Gasteiger partial charge is 0.465 e. The molecule has 7 nitrogen and oxygen atoms in total. The molecule has 1 amide bonds. The van der Waals surface area contributed by atoms with Crippen LogP contribution < -0.4 is 5.32 Å². The van der Waals surface area contributed by atoms with Crippen LogP contribution in [0.25, 0.3) is 0 Å². The molecule has 8 heteroatoms. The molecule has 2 N–H and O–H groups in total. The maximum atomic E-state index is 12.1. The van der Waals surface area contributed by atoms with Crippen molar-refractivity contribution in [3.8, 4) is 0 Å². The molecule has 0 atom stereocenters. The van der Waals surface area contributed by atoms with Crippen LogP contribution in [-0.2, 0) is 9.53 Å². The number of ether oxygens (including phenoxy) is 1. The van der Waals surface area contributed by atoms with Gasteiger partial charge in [0, 0.05) is 38.4 Å². The Kier molecular flexibility index (Phi) is 8.70. The van der Waals surface area contributed by atoms with E-state index < -0.39 is 5.97 Å². The molecule has 1 aromatic rings. The zero-order valence-corrected chi connectivity index (χ0v) is 14.6. The summed E-state index contributed by atoms with van der Waals surface area (Å²) in [6, 6.07) is 6.61. The van der Waals surface area contributed by atoms with Gasteiger partial charge in [-0.15, -0.1) is 12.4 Å². The first-order valence-corrected chi connectivity index (χ1v) is 7.66. The van der Waals surface area contributed by atoms with E-state index in [4.69, 9.17) is 5.11 Å². The lowest BCUT2D eigenvalue weighted by Crippen LogP contribution is -2.49. The lowest BCUT2D eigenvalue weighted by Gasteiger charge is -2.33. The number of nitrogens with zero attached hydrogens (tertiary/aromatic N) is 2. The van der Waals surface area contributed by atoms with Gasteiger partial charge in [-0.05, 0) is 24.3 Å². The molecule has 0 radical (unpaired) electrons. The number of hydrogen-bond acceptors (Lipinski definition) is 6. The molecule has 0 aromatic heterocycles. The van der Waals surface area contributed by atoms with Crippen molar-refractivity contribution < 1.29 is 19.4 Å². The Labute approximate surface area is 148 Å². The number of anilines is 1. The molecule has 0 spiro atoms. The van der Waals surface area contributed by atoms with Crippen LogP contribution in [0.2, 0.25) is 0 Å². The van der Waals surface area contributed by atoms with Crippen LogP contribution in [0.4, 0.5) is 5.69 Å². The number of rotatable bonds is 6. The molecule has 0 bridgehead atoms. The fourth-order valence-electron chi connectivity index (χ4n) is 2.52. The van der Waals surface area contributed by atoms with Gasteiger partial charge in [0.25, 0.3) is 0 Å². The van der Waals surface area contributed by atoms with Crippen molar-refractivity contribution in [1.82, 2.24) is 9.80 Å². The fraction of sp³-hybridized carbons (Fsp3) is 0.500. The standard InChI is InChI=1S/C16H23N3O4.ClH/c1-23-16(22)13-2-4-14(5-3-13)17-15(21)12-19-8-6-18(7-9-19)10-11-20;/h2-5,20H,6-12H2,1H3,(H,17,21);1H. The summed E-state index contributed by atoms with van der Waals surface area (Å²) in [6.45, 7) is 4.55. The van der Waals surface area contributed by atoms with E-state index in [0.29, 0.717) is 24.3 Å². The van der Waals surface area contributed by atoms with Crippen molar-refractivity contribution in [2.24, 2.45) is 0 Å². The predicted octanol–water partition coefficient (Wildman–Crippen LogP) is 0.443. The fourth-order valence-corrected chi connectivity index (χ4v) is 2.52. The lowest BCUT2D eigenvalue weighted by atomic mass is 10.2. The Hall–Kier alpha value is -1.67. The molecule has 1 aliphatic heterocycles. The predicted molar refractivity (Wildman–Crippen MR) is 93.6 cm³/mol. The first-order valence-electron chi connectivity index (χ1n) is 7.66. The van der Waals surface area contributed by atoms with E-state index >= 15 is 0 Å². The topological polar surface area (TPSA) is 82.1 Å². The van der Waals surface area contributed by atoms with Crippen LogP contribution in [0, 0.1) is 0 Å². The molecular weight excluding hydrogens is 334 g/mol. The second kappa shape index (κ2) is 10.2. The zero-order chi connectivity index (χ0) is 16.7. The van der Waals surface area contributed by atoms with Gasteiger partial charge in [0.05, 0.1) is 25.8 Å². The van der Waals surface area contributed by atoms with Crippen molar-refractivity contribution in [2.45, 2.75) is 0 Å². The molecule has 1 heterocycles. The van der Waals surface area contributed by atoms with Gasteiger partial charge >= 0.3 is 5.97 Å². The number of piperazine rings is 1. The Balaban J connectivity index is 0.00000288. The van der Waals surface area contributed by atoms with Crippen LogP contribution in [0.1, 0.15) is 10.4 Å². The number of benzene rings is 1. The quantitative estimate of drug-likeness (QED) is 0.719. The number of carbonyl (C=O) groups is 2. The summed E-state index contributed by atoms with van der Waals surface area (Å²) >= 11 is 0. The summed E-state index contributed by atoms with van der Waals surface area (Å²) in [5.74, 6) is -0.477. The first-order chi connectivity index (χ1) is 11.1. The van der Waals surface area contributed by atoms with E-state index in [1.807, 2.05) is 0 Å². The third-order valence-electron chi connectivity index (χ3n) is 3.84. The van der Waals surface area contributed by atoms with Crippen LogP contribution in [0.5, 0.6) is 0 Å². The van der Waals surface area contributed by atoms with E-state index in [0.717, 1.165) is 26.2 Å². The van der Waals surface area contributed by atoms with Gasteiger partial charge in [0.1, 0.15) is 0 Å². The number of methoxy groups -OCH3 is 1. The van der Waals surface area contributed by atoms with Crippen LogP contribution in [-0.4, -0.2) is 79.8 Å². The molecule has 1 saturated heterocycles. The maximum absolute atomic E-state index is 12.1. The molecule has 24 heavy (non-hydrogen) atoms.